The van der Waals surface area contributed by atoms with Crippen molar-refractivity contribution in [2.45, 2.75) is 32.0 Å². The topological polar surface area (TPSA) is 68.2 Å². The highest BCUT2D eigenvalue weighted by molar-refractivity contribution is 5.85. The standard InChI is InChI=1S/C12H20N4O2.2ClH/c1-10(7-16-4-2-13-9-16)15-12(17)6-11-8-18-5-3-14-11;;/h2,4,9-11,14H,3,5-8H2,1H3,(H,15,17);2*1H. The summed E-state index contributed by atoms with van der Waals surface area (Å²) in [6, 6.07) is 0.232. The number of amides is 1. The summed E-state index contributed by atoms with van der Waals surface area (Å²) in [7, 11) is 0. The number of nitrogens with one attached hydrogen (secondary N) is 2. The van der Waals surface area contributed by atoms with E-state index in [2.05, 4.69) is 15.6 Å². The smallest absolute Gasteiger partial charge is 0.221 e. The molecule has 2 rings (SSSR count). The normalized spacial score (nSPS) is 19.4. The Kier molecular flexibility index (Phi) is 9.58. The molecule has 0 spiro atoms. The van der Waals surface area contributed by atoms with E-state index in [0.717, 1.165) is 19.7 Å². The van der Waals surface area contributed by atoms with Crippen LogP contribution in [0.25, 0.3) is 0 Å². The van der Waals surface area contributed by atoms with Crippen molar-refractivity contribution >= 4 is 30.7 Å². The first kappa shape index (κ1) is 19.2. The maximum atomic E-state index is 11.8. The van der Waals surface area contributed by atoms with Crippen LogP contribution in [-0.4, -0.2) is 47.3 Å². The van der Waals surface area contributed by atoms with Gasteiger partial charge in [0.15, 0.2) is 0 Å². The van der Waals surface area contributed by atoms with Crippen molar-refractivity contribution in [2.24, 2.45) is 0 Å². The number of aromatic nitrogens is 2. The van der Waals surface area contributed by atoms with E-state index in [1.807, 2.05) is 17.7 Å². The van der Waals surface area contributed by atoms with Gasteiger partial charge in [0.05, 0.1) is 19.5 Å². The maximum Gasteiger partial charge on any atom is 0.221 e. The Hall–Kier alpha value is -0.820. The van der Waals surface area contributed by atoms with Crippen molar-refractivity contribution in [1.29, 1.82) is 0 Å². The summed E-state index contributed by atoms with van der Waals surface area (Å²) in [5.74, 6) is 0.0608. The van der Waals surface area contributed by atoms with Gasteiger partial charge in [-0.15, -0.1) is 24.8 Å². The molecule has 2 heterocycles. The van der Waals surface area contributed by atoms with Gasteiger partial charge < -0.3 is 19.9 Å². The van der Waals surface area contributed by atoms with Gasteiger partial charge in [0.2, 0.25) is 5.91 Å². The minimum absolute atomic E-state index is 0. The van der Waals surface area contributed by atoms with E-state index in [9.17, 15) is 4.79 Å². The molecule has 6 nitrogen and oxygen atoms in total. The second-order valence-electron chi connectivity index (χ2n) is 4.66. The van der Waals surface area contributed by atoms with Crippen LogP contribution in [0.4, 0.5) is 0 Å². The first-order chi connectivity index (χ1) is 8.74. The minimum atomic E-state index is 0. The molecule has 2 N–H and O–H groups in total. The zero-order valence-corrected chi connectivity index (χ0v) is 13.1. The van der Waals surface area contributed by atoms with Crippen LogP contribution in [0, 0.1) is 0 Å². The van der Waals surface area contributed by atoms with Gasteiger partial charge in [-0.3, -0.25) is 4.79 Å². The number of carbonyl (C=O) groups is 1. The molecule has 2 atom stereocenters. The van der Waals surface area contributed by atoms with Gasteiger partial charge in [-0.05, 0) is 6.92 Å². The van der Waals surface area contributed by atoms with E-state index >= 15 is 0 Å². The van der Waals surface area contributed by atoms with Crippen LogP contribution >= 0.6 is 24.8 Å². The minimum Gasteiger partial charge on any atom is -0.378 e. The van der Waals surface area contributed by atoms with Gasteiger partial charge >= 0.3 is 0 Å². The van der Waals surface area contributed by atoms with Gasteiger partial charge in [-0.25, -0.2) is 4.98 Å². The molecule has 1 aromatic heterocycles. The van der Waals surface area contributed by atoms with Crippen LogP contribution in [0.15, 0.2) is 18.7 Å². The molecular weight excluding hydrogens is 303 g/mol. The fraction of sp³-hybridized carbons (Fsp3) is 0.667. The molecule has 0 saturated carbocycles. The van der Waals surface area contributed by atoms with Crippen LogP contribution in [-0.2, 0) is 16.1 Å². The number of hydrogen-bond donors (Lipinski definition) is 2. The van der Waals surface area contributed by atoms with Crippen molar-refractivity contribution in [3.63, 3.8) is 0 Å². The highest BCUT2D eigenvalue weighted by Gasteiger charge is 2.17. The molecule has 1 amide bonds. The van der Waals surface area contributed by atoms with Crippen LogP contribution in [0.2, 0.25) is 0 Å². The van der Waals surface area contributed by atoms with E-state index in [1.165, 1.54) is 0 Å². The van der Waals surface area contributed by atoms with Gasteiger partial charge in [-0.2, -0.15) is 0 Å². The molecule has 1 fully saturated rings. The van der Waals surface area contributed by atoms with E-state index in [0.29, 0.717) is 13.0 Å². The largest absolute Gasteiger partial charge is 0.378 e. The van der Waals surface area contributed by atoms with Crippen molar-refractivity contribution in [3.8, 4) is 0 Å². The van der Waals surface area contributed by atoms with Crippen LogP contribution in [0.5, 0.6) is 0 Å². The molecule has 2 unspecified atom stereocenters. The van der Waals surface area contributed by atoms with Gasteiger partial charge in [-0.1, -0.05) is 0 Å². The SMILES string of the molecule is CC(Cn1ccnc1)NC(=O)CC1COCCN1.Cl.Cl. The molecule has 0 radical (unpaired) electrons. The number of ether oxygens (including phenoxy) is 1. The summed E-state index contributed by atoms with van der Waals surface area (Å²) in [5.41, 5.74) is 0. The summed E-state index contributed by atoms with van der Waals surface area (Å²) in [6.45, 7) is 4.89. The first-order valence-corrected chi connectivity index (χ1v) is 6.30. The molecule has 20 heavy (non-hydrogen) atoms. The lowest BCUT2D eigenvalue weighted by Crippen LogP contribution is -2.45. The molecule has 1 aromatic rings. The van der Waals surface area contributed by atoms with Crippen molar-refractivity contribution < 1.29 is 9.53 Å². The number of morpholine rings is 1. The summed E-state index contributed by atoms with van der Waals surface area (Å²) in [4.78, 5) is 15.8. The summed E-state index contributed by atoms with van der Waals surface area (Å²) in [5, 5.41) is 6.25. The van der Waals surface area contributed by atoms with Crippen molar-refractivity contribution in [1.82, 2.24) is 20.2 Å². The predicted molar refractivity (Wildman–Crippen MR) is 81.6 cm³/mol. The third-order valence-corrected chi connectivity index (χ3v) is 2.88. The van der Waals surface area contributed by atoms with E-state index in [1.54, 1.807) is 12.5 Å². The molecule has 0 aromatic carbocycles. The molecule has 1 aliphatic rings. The lowest BCUT2D eigenvalue weighted by molar-refractivity contribution is -0.122. The second kappa shape index (κ2) is 9.99. The van der Waals surface area contributed by atoms with Crippen LogP contribution in [0.1, 0.15) is 13.3 Å². The number of imidazole rings is 1. The second-order valence-corrected chi connectivity index (χ2v) is 4.66. The molecule has 1 aliphatic heterocycles. The molecule has 116 valence electrons. The van der Waals surface area contributed by atoms with Crippen LogP contribution < -0.4 is 10.6 Å². The molecule has 0 aliphatic carbocycles. The Labute approximate surface area is 131 Å². The quantitative estimate of drug-likeness (QED) is 0.832. The number of halogens is 2. The first-order valence-electron chi connectivity index (χ1n) is 6.30. The average molecular weight is 325 g/mol. The van der Waals surface area contributed by atoms with Crippen LogP contribution in [0.3, 0.4) is 0 Å². The predicted octanol–water partition coefficient (Wildman–Crippen LogP) is 0.610. The lowest BCUT2D eigenvalue weighted by Gasteiger charge is -2.24. The fourth-order valence-electron chi connectivity index (χ4n) is 2.06. The fourth-order valence-corrected chi connectivity index (χ4v) is 2.06. The highest BCUT2D eigenvalue weighted by atomic mass is 35.5. The number of nitrogens with zero attached hydrogens (tertiary/aromatic N) is 2. The summed E-state index contributed by atoms with van der Waals surface area (Å²) < 4.78 is 7.27. The Morgan fingerprint density at radius 1 is 1.60 bits per heavy atom. The zero-order valence-electron chi connectivity index (χ0n) is 11.4. The number of carbonyl (C=O) groups excluding carboxylic acids is 1. The van der Waals surface area contributed by atoms with Gasteiger partial charge in [0.1, 0.15) is 0 Å². The van der Waals surface area contributed by atoms with E-state index in [-0.39, 0.29) is 42.8 Å². The summed E-state index contributed by atoms with van der Waals surface area (Å²) >= 11 is 0. The number of rotatable bonds is 5. The summed E-state index contributed by atoms with van der Waals surface area (Å²) in [6.07, 6.45) is 5.84. The highest BCUT2D eigenvalue weighted by Crippen LogP contribution is 1.99. The van der Waals surface area contributed by atoms with E-state index < -0.39 is 0 Å². The van der Waals surface area contributed by atoms with E-state index in [4.69, 9.17) is 4.74 Å². The number of hydrogen-bond acceptors (Lipinski definition) is 4. The monoisotopic (exact) mass is 324 g/mol. The van der Waals surface area contributed by atoms with Gasteiger partial charge in [0, 0.05) is 44.0 Å². The molecule has 8 heteroatoms. The Bertz CT molecular complexity index is 370. The Balaban J connectivity index is 0.00000180. The Morgan fingerprint density at radius 3 is 3.00 bits per heavy atom. The lowest BCUT2D eigenvalue weighted by atomic mass is 10.2. The molecule has 1 saturated heterocycles. The zero-order chi connectivity index (χ0) is 12.8. The van der Waals surface area contributed by atoms with Crippen molar-refractivity contribution in [3.05, 3.63) is 18.7 Å². The van der Waals surface area contributed by atoms with Crippen molar-refractivity contribution in [2.75, 3.05) is 19.8 Å². The molecule has 0 bridgehead atoms. The average Bonchev–Trinajstić information content (AvgIpc) is 2.82. The maximum absolute atomic E-state index is 11.8. The third kappa shape index (κ3) is 6.56. The van der Waals surface area contributed by atoms with Gasteiger partial charge in [0.25, 0.3) is 0 Å². The third-order valence-electron chi connectivity index (χ3n) is 2.88. The Morgan fingerprint density at radius 2 is 2.40 bits per heavy atom. The molecular formula is C12H22Cl2N4O2.